The number of carbonyl (C=O) groups excluding carboxylic acids is 1. The van der Waals surface area contributed by atoms with E-state index in [1.807, 2.05) is 6.92 Å². The molecule has 1 aromatic carbocycles. The van der Waals surface area contributed by atoms with Crippen LogP contribution in [0.25, 0.3) is 10.6 Å². The molecule has 6 heterocycles. The summed E-state index contributed by atoms with van der Waals surface area (Å²) in [5.41, 5.74) is 2.78. The van der Waals surface area contributed by atoms with Gasteiger partial charge >= 0.3 is 0 Å². The normalized spacial score (nSPS) is 25.2. The monoisotopic (exact) mass is 462 g/mol. The molecule has 3 fully saturated rings. The standard InChI is InChI=1S/C25H26N4O3S/c1-15-27-20(11-21(28-15)24-3-2-8-33-24)19-13-29-7-6-16(19)9-18(29)12-26-25(30)17-4-5-22-23(10-17)32-14-31-22/h2-5,8,10-11,16,18-19H,6-7,9,12-14H2,1H3,(H,26,30). The topological polar surface area (TPSA) is 76.6 Å². The van der Waals surface area contributed by atoms with Gasteiger partial charge in [-0.2, -0.15) is 0 Å². The van der Waals surface area contributed by atoms with Gasteiger partial charge in [0.1, 0.15) is 5.82 Å². The zero-order valence-corrected chi connectivity index (χ0v) is 19.3. The lowest BCUT2D eigenvalue weighted by molar-refractivity contribution is 0.0290. The number of nitrogens with zero attached hydrogens (tertiary/aromatic N) is 3. The van der Waals surface area contributed by atoms with Crippen molar-refractivity contribution in [3.8, 4) is 22.1 Å². The molecule has 0 spiro atoms. The van der Waals surface area contributed by atoms with Crippen molar-refractivity contribution in [1.82, 2.24) is 20.2 Å². The lowest BCUT2D eigenvalue weighted by atomic mass is 9.74. The molecule has 1 N–H and O–H groups in total. The molecule has 4 atom stereocenters. The number of benzene rings is 1. The highest BCUT2D eigenvalue weighted by Gasteiger charge is 2.41. The fourth-order valence-electron chi connectivity index (χ4n) is 5.37. The lowest BCUT2D eigenvalue weighted by Crippen LogP contribution is -2.56. The van der Waals surface area contributed by atoms with E-state index in [1.165, 1.54) is 11.3 Å². The Bertz CT molecular complexity index is 1180. The average Bonchev–Trinajstić information content (AvgIpc) is 3.54. The van der Waals surface area contributed by atoms with Crippen LogP contribution in [0, 0.1) is 12.8 Å². The second kappa shape index (κ2) is 8.43. The second-order valence-electron chi connectivity index (χ2n) is 9.02. The van der Waals surface area contributed by atoms with Crippen LogP contribution in [0.4, 0.5) is 0 Å². The molecule has 7 rings (SSSR count). The molecule has 170 valence electrons. The maximum Gasteiger partial charge on any atom is 0.251 e. The maximum absolute atomic E-state index is 12.7. The summed E-state index contributed by atoms with van der Waals surface area (Å²) < 4.78 is 10.7. The van der Waals surface area contributed by atoms with Gasteiger partial charge in [0.25, 0.3) is 5.91 Å². The summed E-state index contributed by atoms with van der Waals surface area (Å²) in [7, 11) is 0. The van der Waals surface area contributed by atoms with Crippen LogP contribution < -0.4 is 14.8 Å². The predicted molar refractivity (Wildman–Crippen MR) is 126 cm³/mol. The zero-order valence-electron chi connectivity index (χ0n) is 18.5. The molecule has 0 aliphatic carbocycles. The highest BCUT2D eigenvalue weighted by atomic mass is 32.1. The summed E-state index contributed by atoms with van der Waals surface area (Å²) >= 11 is 1.71. The molecule has 0 radical (unpaired) electrons. The van der Waals surface area contributed by atoms with Crippen LogP contribution in [-0.2, 0) is 0 Å². The number of nitrogens with one attached hydrogen (secondary N) is 1. The Morgan fingerprint density at radius 3 is 2.94 bits per heavy atom. The highest BCUT2D eigenvalue weighted by molar-refractivity contribution is 7.13. The van der Waals surface area contributed by atoms with E-state index in [4.69, 9.17) is 14.5 Å². The minimum Gasteiger partial charge on any atom is -0.454 e. The predicted octanol–water partition coefficient (Wildman–Crippen LogP) is 3.85. The number of rotatable bonds is 5. The van der Waals surface area contributed by atoms with E-state index in [-0.39, 0.29) is 12.7 Å². The van der Waals surface area contributed by atoms with Gasteiger partial charge in [-0.05, 0) is 67.9 Å². The molecule has 3 aromatic rings. The number of piperidine rings is 3. The molecule has 4 aliphatic heterocycles. The molecular formula is C25H26N4O3S. The first-order valence-electron chi connectivity index (χ1n) is 11.5. The maximum atomic E-state index is 12.7. The van der Waals surface area contributed by atoms with Crippen molar-refractivity contribution in [3.05, 3.63) is 58.9 Å². The van der Waals surface area contributed by atoms with Crippen LogP contribution in [0.1, 0.15) is 40.6 Å². The summed E-state index contributed by atoms with van der Waals surface area (Å²) in [5.74, 6) is 3.08. The molecule has 4 unspecified atom stereocenters. The SMILES string of the molecule is Cc1nc(-c2cccs2)cc(C2CN3CCC2CC3CNC(=O)c2ccc3c(c2)OCO3)n1. The fraction of sp³-hybridized carbons (Fsp3) is 0.400. The summed E-state index contributed by atoms with van der Waals surface area (Å²) in [6, 6.07) is 12.1. The summed E-state index contributed by atoms with van der Waals surface area (Å²) in [6.45, 7) is 4.90. The van der Waals surface area contributed by atoms with E-state index in [2.05, 4.69) is 38.8 Å². The van der Waals surface area contributed by atoms with Crippen molar-refractivity contribution < 1.29 is 14.3 Å². The minimum absolute atomic E-state index is 0.0699. The molecule has 1 amide bonds. The number of aromatic nitrogens is 2. The van der Waals surface area contributed by atoms with E-state index in [1.54, 1.807) is 29.5 Å². The summed E-state index contributed by atoms with van der Waals surface area (Å²) in [5, 5.41) is 5.22. The van der Waals surface area contributed by atoms with Gasteiger partial charge in [0.2, 0.25) is 6.79 Å². The number of aryl methyl sites for hydroxylation is 1. The van der Waals surface area contributed by atoms with Gasteiger partial charge in [-0.25, -0.2) is 9.97 Å². The molecule has 2 bridgehead atoms. The first-order valence-corrected chi connectivity index (χ1v) is 12.3. The van der Waals surface area contributed by atoms with E-state index in [0.29, 0.717) is 41.5 Å². The van der Waals surface area contributed by atoms with Crippen molar-refractivity contribution in [3.63, 3.8) is 0 Å². The highest BCUT2D eigenvalue weighted by Crippen LogP contribution is 2.42. The smallest absolute Gasteiger partial charge is 0.251 e. The Labute approximate surface area is 196 Å². The molecule has 2 aromatic heterocycles. The van der Waals surface area contributed by atoms with E-state index in [0.717, 1.165) is 36.7 Å². The zero-order chi connectivity index (χ0) is 22.4. The van der Waals surface area contributed by atoms with Crippen LogP contribution in [0.2, 0.25) is 0 Å². The van der Waals surface area contributed by atoms with Crippen molar-refractivity contribution in [1.29, 1.82) is 0 Å². The molecular weight excluding hydrogens is 436 g/mol. The Morgan fingerprint density at radius 2 is 2.12 bits per heavy atom. The van der Waals surface area contributed by atoms with Gasteiger partial charge in [0.05, 0.1) is 10.6 Å². The van der Waals surface area contributed by atoms with Gasteiger partial charge in [0, 0.05) is 36.3 Å². The molecule has 33 heavy (non-hydrogen) atoms. The minimum atomic E-state index is -0.0699. The number of fused-ring (bicyclic) bond motifs is 4. The van der Waals surface area contributed by atoms with Crippen molar-refractivity contribution in [2.75, 3.05) is 26.4 Å². The third-order valence-electron chi connectivity index (χ3n) is 7.02. The van der Waals surface area contributed by atoms with Crippen LogP contribution in [0.5, 0.6) is 11.5 Å². The summed E-state index contributed by atoms with van der Waals surface area (Å²) in [6.07, 6.45) is 2.25. The Morgan fingerprint density at radius 1 is 1.21 bits per heavy atom. The van der Waals surface area contributed by atoms with Crippen LogP contribution in [0.3, 0.4) is 0 Å². The molecule has 0 saturated carbocycles. The van der Waals surface area contributed by atoms with Gasteiger partial charge in [0.15, 0.2) is 11.5 Å². The number of carbonyl (C=O) groups is 1. The third-order valence-corrected chi connectivity index (χ3v) is 7.92. The fourth-order valence-corrected chi connectivity index (χ4v) is 6.05. The van der Waals surface area contributed by atoms with Crippen molar-refractivity contribution >= 4 is 17.2 Å². The third kappa shape index (κ3) is 3.98. The molecule has 8 heteroatoms. The Balaban J connectivity index is 1.12. The van der Waals surface area contributed by atoms with E-state index in [9.17, 15) is 4.79 Å². The first-order chi connectivity index (χ1) is 16.1. The van der Waals surface area contributed by atoms with E-state index < -0.39 is 0 Å². The van der Waals surface area contributed by atoms with Gasteiger partial charge < -0.3 is 14.8 Å². The van der Waals surface area contributed by atoms with Gasteiger partial charge in [-0.1, -0.05) is 6.07 Å². The molecule has 7 nitrogen and oxygen atoms in total. The molecule has 3 saturated heterocycles. The number of amides is 1. The summed E-state index contributed by atoms with van der Waals surface area (Å²) in [4.78, 5) is 25.9. The Hall–Kier alpha value is -2.97. The van der Waals surface area contributed by atoms with E-state index >= 15 is 0 Å². The van der Waals surface area contributed by atoms with Crippen LogP contribution in [0.15, 0.2) is 41.8 Å². The Kier molecular flexibility index (Phi) is 5.27. The quantitative estimate of drug-likeness (QED) is 0.621. The van der Waals surface area contributed by atoms with Crippen molar-refractivity contribution in [2.45, 2.75) is 31.7 Å². The van der Waals surface area contributed by atoms with Gasteiger partial charge in [-0.15, -0.1) is 11.3 Å². The number of thiophene rings is 1. The van der Waals surface area contributed by atoms with Crippen LogP contribution in [-0.4, -0.2) is 53.2 Å². The number of ether oxygens (including phenoxy) is 2. The largest absolute Gasteiger partial charge is 0.454 e. The van der Waals surface area contributed by atoms with Gasteiger partial charge in [-0.3, -0.25) is 9.69 Å². The lowest BCUT2D eigenvalue weighted by Gasteiger charge is -2.49. The first kappa shape index (κ1) is 20.6. The number of hydrogen-bond acceptors (Lipinski definition) is 7. The molecule has 4 aliphatic rings. The van der Waals surface area contributed by atoms with Crippen LogP contribution >= 0.6 is 11.3 Å². The second-order valence-corrected chi connectivity index (χ2v) is 9.97. The average molecular weight is 463 g/mol. The van der Waals surface area contributed by atoms with Crippen molar-refractivity contribution in [2.24, 2.45) is 5.92 Å². The number of hydrogen-bond donors (Lipinski definition) is 1.